The molecule has 0 saturated heterocycles. The van der Waals surface area contributed by atoms with E-state index < -0.39 is 5.60 Å². The molecule has 0 aliphatic rings. The van der Waals surface area contributed by atoms with E-state index in [0.717, 1.165) is 0 Å². The van der Waals surface area contributed by atoms with E-state index in [2.05, 4.69) is 0 Å². The van der Waals surface area contributed by atoms with Crippen molar-refractivity contribution in [3.63, 3.8) is 0 Å². The molecular formula is C7H15NO2. The molecule has 3 heteroatoms. The summed E-state index contributed by atoms with van der Waals surface area (Å²) >= 11 is 0. The quantitative estimate of drug-likeness (QED) is 0.482. The minimum atomic E-state index is -0.580. The molecular weight excluding hydrogens is 130 g/mol. The van der Waals surface area contributed by atoms with Crippen LogP contribution in [0.2, 0.25) is 0 Å². The zero-order chi connectivity index (χ0) is 8.20. The molecule has 0 rings (SSSR count). The Morgan fingerprint density at radius 1 is 1.50 bits per heavy atom. The second-order valence-corrected chi connectivity index (χ2v) is 2.48. The van der Waals surface area contributed by atoms with Gasteiger partial charge in [-0.1, -0.05) is 0 Å². The molecule has 1 N–H and O–H groups in total. The van der Waals surface area contributed by atoms with Gasteiger partial charge in [-0.2, -0.15) is 0 Å². The van der Waals surface area contributed by atoms with Crippen LogP contribution in [0.3, 0.4) is 0 Å². The third-order valence-corrected chi connectivity index (χ3v) is 1.26. The Hall–Kier alpha value is -0.570. The van der Waals surface area contributed by atoms with Gasteiger partial charge in [-0.3, -0.25) is 5.41 Å². The average Bonchev–Trinajstić information content (AvgIpc) is 1.86. The highest BCUT2D eigenvalue weighted by Crippen LogP contribution is 2.10. The van der Waals surface area contributed by atoms with Gasteiger partial charge >= 0.3 is 0 Å². The third kappa shape index (κ3) is 2.35. The SMILES string of the molecule is CCOC(C)(C)C(=N)OC. The topological polar surface area (TPSA) is 42.3 Å². The van der Waals surface area contributed by atoms with Crippen LogP contribution in [-0.2, 0) is 9.47 Å². The Kier molecular flexibility index (Phi) is 3.36. The van der Waals surface area contributed by atoms with E-state index in [-0.39, 0.29) is 5.90 Å². The highest BCUT2D eigenvalue weighted by Gasteiger charge is 2.24. The van der Waals surface area contributed by atoms with Crippen LogP contribution in [-0.4, -0.2) is 25.2 Å². The summed E-state index contributed by atoms with van der Waals surface area (Å²) in [6.07, 6.45) is 0. The van der Waals surface area contributed by atoms with Crippen molar-refractivity contribution in [3.05, 3.63) is 0 Å². The molecule has 0 radical (unpaired) electrons. The molecule has 0 aliphatic heterocycles. The van der Waals surface area contributed by atoms with Crippen LogP contribution in [0.1, 0.15) is 20.8 Å². The van der Waals surface area contributed by atoms with Crippen LogP contribution in [0.5, 0.6) is 0 Å². The van der Waals surface area contributed by atoms with Crippen molar-refractivity contribution < 1.29 is 9.47 Å². The van der Waals surface area contributed by atoms with Gasteiger partial charge in [0.2, 0.25) is 5.90 Å². The predicted molar refractivity (Wildman–Crippen MR) is 40.4 cm³/mol. The molecule has 0 aliphatic carbocycles. The van der Waals surface area contributed by atoms with Gasteiger partial charge < -0.3 is 9.47 Å². The summed E-state index contributed by atoms with van der Waals surface area (Å²) in [5.41, 5.74) is -0.580. The first kappa shape index (κ1) is 9.43. The molecule has 60 valence electrons. The summed E-state index contributed by atoms with van der Waals surface area (Å²) in [5.74, 6) is 0.161. The van der Waals surface area contributed by atoms with Gasteiger partial charge in [0.1, 0.15) is 5.60 Å². The standard InChI is InChI=1S/C7H15NO2/c1-5-10-7(2,3)6(8)9-4/h8H,5H2,1-4H3. The molecule has 0 unspecified atom stereocenters. The van der Waals surface area contributed by atoms with Crippen molar-refractivity contribution in [2.75, 3.05) is 13.7 Å². The van der Waals surface area contributed by atoms with Crippen LogP contribution < -0.4 is 0 Å². The lowest BCUT2D eigenvalue weighted by molar-refractivity contribution is 0.0267. The van der Waals surface area contributed by atoms with Gasteiger partial charge in [0.25, 0.3) is 0 Å². The van der Waals surface area contributed by atoms with E-state index in [1.165, 1.54) is 7.11 Å². The smallest absolute Gasteiger partial charge is 0.212 e. The van der Waals surface area contributed by atoms with Crippen molar-refractivity contribution in [1.29, 1.82) is 5.41 Å². The molecule has 0 bridgehead atoms. The van der Waals surface area contributed by atoms with Gasteiger partial charge in [0, 0.05) is 6.61 Å². The maximum atomic E-state index is 7.30. The molecule has 0 heterocycles. The summed E-state index contributed by atoms with van der Waals surface area (Å²) < 4.78 is 9.96. The minimum absolute atomic E-state index is 0.161. The third-order valence-electron chi connectivity index (χ3n) is 1.26. The summed E-state index contributed by atoms with van der Waals surface area (Å²) in [5, 5.41) is 7.30. The van der Waals surface area contributed by atoms with Gasteiger partial charge in [-0.15, -0.1) is 0 Å². The Bertz CT molecular complexity index is 121. The molecule has 0 aromatic carbocycles. The molecule has 0 saturated carbocycles. The van der Waals surface area contributed by atoms with E-state index in [4.69, 9.17) is 14.9 Å². The van der Waals surface area contributed by atoms with E-state index in [9.17, 15) is 0 Å². The highest BCUT2D eigenvalue weighted by molar-refractivity contribution is 5.81. The zero-order valence-corrected chi connectivity index (χ0v) is 7.02. The number of ether oxygens (including phenoxy) is 2. The number of hydrogen-bond acceptors (Lipinski definition) is 3. The normalized spacial score (nSPS) is 11.2. The second-order valence-electron chi connectivity index (χ2n) is 2.48. The van der Waals surface area contributed by atoms with Gasteiger partial charge in [-0.05, 0) is 20.8 Å². The first-order valence-electron chi connectivity index (χ1n) is 3.31. The van der Waals surface area contributed by atoms with E-state index in [1.807, 2.05) is 20.8 Å². The van der Waals surface area contributed by atoms with Gasteiger partial charge in [-0.25, -0.2) is 0 Å². The largest absolute Gasteiger partial charge is 0.482 e. The Morgan fingerprint density at radius 2 is 2.00 bits per heavy atom. The monoisotopic (exact) mass is 145 g/mol. The number of rotatable bonds is 3. The van der Waals surface area contributed by atoms with E-state index >= 15 is 0 Å². The Balaban J connectivity index is 3.96. The zero-order valence-electron chi connectivity index (χ0n) is 7.02. The second kappa shape index (κ2) is 3.56. The summed E-state index contributed by atoms with van der Waals surface area (Å²) in [4.78, 5) is 0. The van der Waals surface area contributed by atoms with Crippen LogP contribution in [0.15, 0.2) is 0 Å². The number of nitrogens with one attached hydrogen (secondary N) is 1. The van der Waals surface area contributed by atoms with Crippen molar-refractivity contribution in [2.24, 2.45) is 0 Å². The Morgan fingerprint density at radius 3 is 2.30 bits per heavy atom. The molecule has 0 aromatic heterocycles. The van der Waals surface area contributed by atoms with Crippen LogP contribution in [0.25, 0.3) is 0 Å². The van der Waals surface area contributed by atoms with Crippen molar-refractivity contribution >= 4 is 5.90 Å². The fraction of sp³-hybridized carbons (Fsp3) is 0.857. The fourth-order valence-corrected chi connectivity index (χ4v) is 0.672. The summed E-state index contributed by atoms with van der Waals surface area (Å²) in [7, 11) is 1.48. The van der Waals surface area contributed by atoms with Gasteiger partial charge in [0.15, 0.2) is 0 Å². The van der Waals surface area contributed by atoms with E-state index in [1.54, 1.807) is 0 Å². The van der Waals surface area contributed by atoms with Crippen LogP contribution in [0, 0.1) is 5.41 Å². The molecule has 3 nitrogen and oxygen atoms in total. The number of hydrogen-bond donors (Lipinski definition) is 1. The maximum Gasteiger partial charge on any atom is 0.212 e. The molecule has 10 heavy (non-hydrogen) atoms. The lowest BCUT2D eigenvalue weighted by Gasteiger charge is -2.23. The first-order valence-corrected chi connectivity index (χ1v) is 3.31. The molecule has 0 spiro atoms. The Labute approximate surface area is 61.8 Å². The van der Waals surface area contributed by atoms with Crippen molar-refractivity contribution in [3.8, 4) is 0 Å². The van der Waals surface area contributed by atoms with Crippen molar-refractivity contribution in [1.82, 2.24) is 0 Å². The lowest BCUT2D eigenvalue weighted by atomic mass is 10.1. The summed E-state index contributed by atoms with van der Waals surface area (Å²) in [6, 6.07) is 0. The van der Waals surface area contributed by atoms with Crippen molar-refractivity contribution in [2.45, 2.75) is 26.4 Å². The van der Waals surface area contributed by atoms with Gasteiger partial charge in [0.05, 0.1) is 7.11 Å². The van der Waals surface area contributed by atoms with E-state index in [0.29, 0.717) is 6.61 Å². The minimum Gasteiger partial charge on any atom is -0.482 e. The van der Waals surface area contributed by atoms with Crippen LogP contribution in [0.4, 0.5) is 0 Å². The van der Waals surface area contributed by atoms with Crippen LogP contribution >= 0.6 is 0 Å². The fourth-order valence-electron chi connectivity index (χ4n) is 0.672. The molecule has 0 fully saturated rings. The molecule has 0 atom stereocenters. The molecule has 0 aromatic rings. The predicted octanol–water partition coefficient (Wildman–Crippen LogP) is 1.43. The maximum absolute atomic E-state index is 7.30. The first-order chi connectivity index (χ1) is 4.54. The highest BCUT2D eigenvalue weighted by atomic mass is 16.5. The lowest BCUT2D eigenvalue weighted by Crippen LogP contribution is -2.35. The summed E-state index contributed by atoms with van der Waals surface area (Å²) in [6.45, 7) is 6.11. The average molecular weight is 145 g/mol. The molecule has 0 amide bonds. The number of methoxy groups -OCH3 is 1.